The van der Waals surface area contributed by atoms with E-state index in [2.05, 4.69) is 24.0 Å². The Morgan fingerprint density at radius 3 is 2.71 bits per heavy atom. The van der Waals surface area contributed by atoms with E-state index in [4.69, 9.17) is 16.0 Å². The van der Waals surface area contributed by atoms with E-state index in [1.54, 1.807) is 22.9 Å². The Labute approximate surface area is 224 Å². The molecule has 4 heterocycles. The molecule has 2 aliphatic heterocycles. The predicted octanol–water partition coefficient (Wildman–Crippen LogP) is 7.16. The third-order valence-electron chi connectivity index (χ3n) is 7.84. The van der Waals surface area contributed by atoms with Crippen LogP contribution in [0.25, 0.3) is 11.0 Å². The highest BCUT2D eigenvalue weighted by Crippen LogP contribution is 2.37. The Morgan fingerprint density at radius 1 is 1.23 bits per heavy atom. The van der Waals surface area contributed by atoms with Crippen molar-refractivity contribution in [3.63, 3.8) is 0 Å². The molecule has 0 aliphatic carbocycles. The Morgan fingerprint density at radius 2 is 2.00 bits per heavy atom. The molecule has 1 saturated heterocycles. The van der Waals surface area contributed by atoms with Crippen LogP contribution in [0.4, 0.5) is 0 Å². The van der Waals surface area contributed by atoms with Crippen LogP contribution in [0.15, 0.2) is 22.8 Å². The van der Waals surface area contributed by atoms with Gasteiger partial charge < -0.3 is 14.2 Å². The van der Waals surface area contributed by atoms with Gasteiger partial charge in [-0.05, 0) is 93.3 Å². The fourth-order valence-corrected chi connectivity index (χ4v) is 7.43. The van der Waals surface area contributed by atoms with Crippen LogP contribution in [0, 0.1) is 6.92 Å². The summed E-state index contributed by atoms with van der Waals surface area (Å²) in [6.45, 7) is 11.1. The van der Waals surface area contributed by atoms with Crippen LogP contribution in [0.5, 0.6) is 0 Å². The number of aryl methyl sites for hydroxylation is 1. The van der Waals surface area contributed by atoms with E-state index in [0.717, 1.165) is 87.4 Å². The molecule has 0 N–H and O–H groups in total. The highest BCUT2D eigenvalue weighted by molar-refractivity contribution is 7.12. The van der Waals surface area contributed by atoms with Crippen molar-refractivity contribution in [2.75, 3.05) is 26.2 Å². The second kappa shape index (κ2) is 11.2. The largest absolute Gasteiger partial charge is 0.464 e. The minimum atomic E-state index is 0. The van der Waals surface area contributed by atoms with Crippen LogP contribution >= 0.6 is 35.3 Å². The number of amides is 1. The number of halogens is 2. The summed E-state index contributed by atoms with van der Waals surface area (Å²) in [4.78, 5) is 19.6. The lowest BCUT2D eigenvalue weighted by Gasteiger charge is -2.31. The molecule has 0 radical (unpaired) electrons. The molecule has 2 aromatic heterocycles. The average molecular weight is 536 g/mol. The van der Waals surface area contributed by atoms with Crippen molar-refractivity contribution >= 4 is 52.2 Å². The first-order valence-electron chi connectivity index (χ1n) is 12.7. The van der Waals surface area contributed by atoms with Gasteiger partial charge in [0.2, 0.25) is 5.91 Å². The molecule has 1 aromatic carbocycles. The van der Waals surface area contributed by atoms with Gasteiger partial charge in [0.15, 0.2) is 0 Å². The van der Waals surface area contributed by atoms with E-state index in [9.17, 15) is 4.79 Å². The molecule has 0 saturated carbocycles. The van der Waals surface area contributed by atoms with E-state index in [0.29, 0.717) is 5.92 Å². The zero-order valence-corrected chi connectivity index (χ0v) is 23.4. The Hall–Kier alpha value is -1.53. The summed E-state index contributed by atoms with van der Waals surface area (Å²) in [7, 11) is 0. The molecule has 0 spiro atoms. The van der Waals surface area contributed by atoms with Crippen LogP contribution in [-0.4, -0.2) is 41.9 Å². The molecular weight excluding hydrogens is 499 g/mol. The number of thiophene rings is 1. The van der Waals surface area contributed by atoms with Crippen molar-refractivity contribution in [1.29, 1.82) is 0 Å². The van der Waals surface area contributed by atoms with Crippen molar-refractivity contribution in [2.24, 2.45) is 0 Å². The number of furan rings is 1. The summed E-state index contributed by atoms with van der Waals surface area (Å²) in [5.41, 5.74) is 6.45. The predicted molar refractivity (Wildman–Crippen MR) is 148 cm³/mol. The molecule has 1 amide bonds. The van der Waals surface area contributed by atoms with Gasteiger partial charge in [-0.25, -0.2) is 0 Å². The van der Waals surface area contributed by atoms with Crippen molar-refractivity contribution < 1.29 is 9.21 Å². The van der Waals surface area contributed by atoms with Gasteiger partial charge in [0.05, 0.1) is 12.8 Å². The molecule has 4 nitrogen and oxygen atoms in total. The minimum absolute atomic E-state index is 0. The SMILES string of the molecule is CCc1c(CCN2CCC(c3coc4cc(C)c(Cl)cc34)CC2)sc2c1CCCN(C(C)=O)C2.Cl. The number of hydrogen-bond donors (Lipinski definition) is 0. The summed E-state index contributed by atoms with van der Waals surface area (Å²) in [5.74, 6) is 0.740. The summed E-state index contributed by atoms with van der Waals surface area (Å²) >= 11 is 8.37. The molecule has 0 bridgehead atoms. The quantitative estimate of drug-likeness (QED) is 0.348. The lowest BCUT2D eigenvalue weighted by molar-refractivity contribution is -0.129. The van der Waals surface area contributed by atoms with E-state index >= 15 is 0 Å². The van der Waals surface area contributed by atoms with Crippen molar-refractivity contribution in [3.8, 4) is 0 Å². The maximum absolute atomic E-state index is 12.0. The number of nitrogens with zero attached hydrogens (tertiary/aromatic N) is 2. The summed E-state index contributed by atoms with van der Waals surface area (Å²) in [5, 5.41) is 2.00. The summed E-state index contributed by atoms with van der Waals surface area (Å²) < 4.78 is 5.87. The molecule has 3 aromatic rings. The number of carbonyl (C=O) groups is 1. The number of piperidine rings is 1. The van der Waals surface area contributed by atoms with Crippen LogP contribution < -0.4 is 0 Å². The van der Waals surface area contributed by atoms with E-state index in [-0.39, 0.29) is 18.3 Å². The van der Waals surface area contributed by atoms with E-state index in [1.807, 2.05) is 29.4 Å². The Balaban J connectivity index is 0.00000289. The molecule has 0 atom stereocenters. The maximum atomic E-state index is 12.0. The van der Waals surface area contributed by atoms with Crippen LogP contribution in [0.2, 0.25) is 5.02 Å². The molecule has 1 fully saturated rings. The lowest BCUT2D eigenvalue weighted by atomic mass is 9.89. The van der Waals surface area contributed by atoms with Gasteiger partial charge in [0, 0.05) is 45.7 Å². The topological polar surface area (TPSA) is 36.7 Å². The normalized spacial score (nSPS) is 17.3. The summed E-state index contributed by atoms with van der Waals surface area (Å²) in [6.07, 6.45) is 8.69. The lowest BCUT2D eigenvalue weighted by Crippen LogP contribution is -2.34. The number of hydrogen-bond acceptors (Lipinski definition) is 4. The van der Waals surface area contributed by atoms with Crippen LogP contribution in [0.1, 0.15) is 71.0 Å². The zero-order valence-electron chi connectivity index (χ0n) is 21.0. The van der Waals surface area contributed by atoms with Crippen molar-refractivity contribution in [3.05, 3.63) is 55.4 Å². The second-order valence-corrected chi connectivity index (χ2v) is 11.6. The monoisotopic (exact) mass is 534 g/mol. The van der Waals surface area contributed by atoms with Gasteiger partial charge in [0.25, 0.3) is 0 Å². The number of rotatable bonds is 5. The maximum Gasteiger partial charge on any atom is 0.219 e. The number of benzene rings is 1. The Kier molecular flexibility index (Phi) is 8.53. The van der Waals surface area contributed by atoms with Crippen molar-refractivity contribution in [2.45, 2.75) is 71.8 Å². The van der Waals surface area contributed by atoms with Gasteiger partial charge in [-0.1, -0.05) is 18.5 Å². The molecule has 2 aliphatic rings. The van der Waals surface area contributed by atoms with Gasteiger partial charge >= 0.3 is 0 Å². The van der Waals surface area contributed by atoms with Gasteiger partial charge in [0.1, 0.15) is 5.58 Å². The van der Waals surface area contributed by atoms with E-state index < -0.39 is 0 Å². The standard InChI is InChI=1S/C28H35ClN2O2S.ClH/c1-4-21-22-6-5-10-31(19(3)32)16-28(22)34-27(21)9-13-30-11-7-20(8-12-30)24-17-33-26-14-18(2)25(29)15-23(24)26;/h14-15,17,20H,4-13,16H2,1-3H3;1H. The van der Waals surface area contributed by atoms with Gasteiger partial charge in [-0.15, -0.1) is 23.7 Å². The molecule has 7 heteroatoms. The highest BCUT2D eigenvalue weighted by atomic mass is 35.5. The molecule has 190 valence electrons. The van der Waals surface area contributed by atoms with Crippen LogP contribution in [-0.2, 0) is 30.6 Å². The average Bonchev–Trinajstić information content (AvgIpc) is 3.30. The smallest absolute Gasteiger partial charge is 0.219 e. The second-order valence-electron chi connectivity index (χ2n) is 9.96. The number of likely N-dealkylation sites (tertiary alicyclic amines) is 1. The van der Waals surface area contributed by atoms with Gasteiger partial charge in [-0.2, -0.15) is 0 Å². The molecular formula is C28H36Cl2N2O2S. The minimum Gasteiger partial charge on any atom is -0.464 e. The summed E-state index contributed by atoms with van der Waals surface area (Å²) in [6, 6.07) is 4.14. The zero-order chi connectivity index (χ0) is 23.8. The van der Waals surface area contributed by atoms with Gasteiger partial charge in [-0.3, -0.25) is 4.79 Å². The molecule has 35 heavy (non-hydrogen) atoms. The third-order valence-corrected chi connectivity index (χ3v) is 9.57. The fraction of sp³-hybridized carbons (Fsp3) is 0.536. The Bertz CT molecular complexity index is 1190. The van der Waals surface area contributed by atoms with Crippen LogP contribution in [0.3, 0.4) is 0 Å². The first kappa shape index (κ1) is 26.5. The fourth-order valence-electron chi connectivity index (χ4n) is 5.82. The number of carbonyl (C=O) groups excluding carboxylic acids is 1. The van der Waals surface area contributed by atoms with Crippen molar-refractivity contribution in [1.82, 2.24) is 9.80 Å². The number of fused-ring (bicyclic) bond motifs is 2. The first-order chi connectivity index (χ1) is 16.4. The molecule has 5 rings (SSSR count). The van der Waals surface area contributed by atoms with E-state index in [1.165, 1.54) is 15.8 Å². The molecule has 0 unspecified atom stereocenters. The third kappa shape index (κ3) is 5.44. The first-order valence-corrected chi connectivity index (χ1v) is 13.9. The highest BCUT2D eigenvalue weighted by Gasteiger charge is 2.26.